The van der Waals surface area contributed by atoms with Crippen LogP contribution in [-0.2, 0) is 9.47 Å². The van der Waals surface area contributed by atoms with Gasteiger partial charge in [0.15, 0.2) is 0 Å². The molecule has 1 aromatic carbocycles. The smallest absolute Gasteiger partial charge is 0.410 e. The number of halogens is 1. The molecule has 1 saturated heterocycles. The Morgan fingerprint density at radius 1 is 1.26 bits per heavy atom. The van der Waals surface area contributed by atoms with Crippen LogP contribution < -0.4 is 4.90 Å². The van der Waals surface area contributed by atoms with Crippen molar-refractivity contribution >= 4 is 22.7 Å². The maximum Gasteiger partial charge on any atom is 0.410 e. The monoisotopic (exact) mass is 375 g/mol. The first-order valence-corrected chi connectivity index (χ1v) is 9.07. The molecular formula is C20H26FN3O3. The number of hydrogen-bond acceptors (Lipinski definition) is 5. The number of anilines is 1. The van der Waals surface area contributed by atoms with Crippen molar-refractivity contribution in [2.45, 2.75) is 32.4 Å². The zero-order valence-corrected chi connectivity index (χ0v) is 16.2. The summed E-state index contributed by atoms with van der Waals surface area (Å²) in [6.45, 7) is 7.49. The lowest BCUT2D eigenvalue weighted by molar-refractivity contribution is 0.0186. The standard InChI is InChI=1S/C20H26FN3O3/c1-20(2,3)27-19(25)23-10-11-24(14(12-23)13-26-4)18-16-6-5-7-17(21)15(16)8-9-22-18/h5-9,14H,10-13H2,1-4H3/t14-/m1/s1. The Morgan fingerprint density at radius 2 is 2.04 bits per heavy atom. The van der Waals surface area contributed by atoms with E-state index < -0.39 is 5.60 Å². The second-order valence-electron chi connectivity index (χ2n) is 7.70. The minimum atomic E-state index is -0.542. The van der Waals surface area contributed by atoms with Gasteiger partial charge in [0, 0.05) is 43.7 Å². The molecule has 0 spiro atoms. The number of benzene rings is 1. The molecule has 1 aliphatic rings. The summed E-state index contributed by atoms with van der Waals surface area (Å²) in [5.41, 5.74) is -0.542. The third kappa shape index (κ3) is 4.30. The summed E-state index contributed by atoms with van der Waals surface area (Å²) in [5, 5.41) is 1.29. The van der Waals surface area contributed by atoms with Crippen molar-refractivity contribution in [2.24, 2.45) is 0 Å². The van der Waals surface area contributed by atoms with Gasteiger partial charge in [-0.15, -0.1) is 0 Å². The number of ether oxygens (including phenoxy) is 2. The number of rotatable bonds is 3. The van der Waals surface area contributed by atoms with Crippen molar-refractivity contribution < 1.29 is 18.7 Å². The average Bonchev–Trinajstić information content (AvgIpc) is 2.61. The van der Waals surface area contributed by atoms with Crippen LogP contribution in [0.2, 0.25) is 0 Å². The number of piperazine rings is 1. The Balaban J connectivity index is 1.87. The summed E-state index contributed by atoms with van der Waals surface area (Å²) in [6, 6.07) is 6.57. The van der Waals surface area contributed by atoms with Crippen molar-refractivity contribution in [2.75, 3.05) is 38.3 Å². The maximum atomic E-state index is 14.2. The summed E-state index contributed by atoms with van der Waals surface area (Å²) >= 11 is 0. The highest BCUT2D eigenvalue weighted by atomic mass is 19.1. The van der Waals surface area contributed by atoms with Crippen LogP contribution in [0.3, 0.4) is 0 Å². The maximum absolute atomic E-state index is 14.2. The first-order chi connectivity index (χ1) is 12.8. The minimum Gasteiger partial charge on any atom is -0.444 e. The number of amides is 1. The normalized spacial score (nSPS) is 18.0. The van der Waals surface area contributed by atoms with E-state index in [0.29, 0.717) is 37.4 Å². The fourth-order valence-corrected chi connectivity index (χ4v) is 3.34. The summed E-state index contributed by atoms with van der Waals surface area (Å²) < 4.78 is 25.0. The molecule has 0 bridgehead atoms. The fraction of sp³-hybridized carbons (Fsp3) is 0.500. The predicted molar refractivity (Wildman–Crippen MR) is 103 cm³/mol. The Morgan fingerprint density at radius 3 is 2.74 bits per heavy atom. The van der Waals surface area contributed by atoms with Crippen molar-refractivity contribution in [3.8, 4) is 0 Å². The van der Waals surface area contributed by atoms with Gasteiger partial charge in [0.25, 0.3) is 0 Å². The molecule has 0 unspecified atom stereocenters. The molecule has 27 heavy (non-hydrogen) atoms. The first-order valence-electron chi connectivity index (χ1n) is 9.07. The highest BCUT2D eigenvalue weighted by molar-refractivity contribution is 5.92. The fourth-order valence-electron chi connectivity index (χ4n) is 3.34. The Bertz CT molecular complexity index is 822. The molecule has 0 aliphatic carbocycles. The van der Waals surface area contributed by atoms with Crippen LogP contribution in [0.15, 0.2) is 30.5 Å². The van der Waals surface area contributed by atoms with Gasteiger partial charge in [0.2, 0.25) is 0 Å². The average molecular weight is 375 g/mol. The van der Waals surface area contributed by atoms with Gasteiger partial charge in [0.1, 0.15) is 17.2 Å². The lowest BCUT2D eigenvalue weighted by Gasteiger charge is -2.42. The van der Waals surface area contributed by atoms with Crippen LogP contribution in [0, 0.1) is 5.82 Å². The topological polar surface area (TPSA) is 54.9 Å². The molecule has 7 heteroatoms. The molecule has 3 rings (SSSR count). The molecule has 0 N–H and O–H groups in total. The van der Waals surface area contributed by atoms with E-state index in [2.05, 4.69) is 9.88 Å². The molecule has 1 aromatic heterocycles. The van der Waals surface area contributed by atoms with Gasteiger partial charge in [-0.2, -0.15) is 0 Å². The third-order valence-electron chi connectivity index (χ3n) is 4.50. The number of nitrogens with zero attached hydrogens (tertiary/aromatic N) is 3. The minimum absolute atomic E-state index is 0.0994. The van der Waals surface area contributed by atoms with E-state index in [1.807, 2.05) is 26.8 Å². The van der Waals surface area contributed by atoms with Crippen molar-refractivity contribution in [3.63, 3.8) is 0 Å². The summed E-state index contributed by atoms with van der Waals surface area (Å²) in [7, 11) is 1.63. The van der Waals surface area contributed by atoms with Crippen LogP contribution in [0.25, 0.3) is 10.8 Å². The quantitative estimate of drug-likeness (QED) is 0.823. The zero-order valence-electron chi connectivity index (χ0n) is 16.2. The number of carbonyl (C=O) groups excluding carboxylic acids is 1. The van der Waals surface area contributed by atoms with E-state index in [-0.39, 0.29) is 18.0 Å². The van der Waals surface area contributed by atoms with Crippen LogP contribution in [0.1, 0.15) is 20.8 Å². The van der Waals surface area contributed by atoms with Gasteiger partial charge in [0.05, 0.1) is 12.6 Å². The van der Waals surface area contributed by atoms with Crippen LogP contribution >= 0.6 is 0 Å². The number of aromatic nitrogens is 1. The molecule has 1 aliphatic heterocycles. The van der Waals surface area contributed by atoms with Crippen LogP contribution in [0.5, 0.6) is 0 Å². The Labute approximate surface area is 158 Å². The second-order valence-corrected chi connectivity index (χ2v) is 7.70. The van der Waals surface area contributed by atoms with E-state index >= 15 is 0 Å². The highest BCUT2D eigenvalue weighted by Crippen LogP contribution is 2.29. The second kappa shape index (κ2) is 7.68. The number of fused-ring (bicyclic) bond motifs is 1. The van der Waals surface area contributed by atoms with E-state index in [0.717, 1.165) is 5.39 Å². The summed E-state index contributed by atoms with van der Waals surface area (Å²) in [5.74, 6) is 0.435. The molecule has 0 saturated carbocycles. The van der Waals surface area contributed by atoms with Gasteiger partial charge in [-0.25, -0.2) is 14.2 Å². The van der Waals surface area contributed by atoms with Gasteiger partial charge < -0.3 is 19.3 Å². The van der Waals surface area contributed by atoms with E-state index in [1.165, 1.54) is 6.07 Å². The largest absolute Gasteiger partial charge is 0.444 e. The zero-order chi connectivity index (χ0) is 19.6. The number of carbonyl (C=O) groups is 1. The lowest BCUT2D eigenvalue weighted by Crippen LogP contribution is -2.57. The van der Waals surface area contributed by atoms with Crippen molar-refractivity contribution in [1.29, 1.82) is 0 Å². The van der Waals surface area contributed by atoms with E-state index in [4.69, 9.17) is 9.47 Å². The summed E-state index contributed by atoms with van der Waals surface area (Å²) in [6.07, 6.45) is 1.28. The van der Waals surface area contributed by atoms with E-state index in [9.17, 15) is 9.18 Å². The number of hydrogen-bond donors (Lipinski definition) is 0. The van der Waals surface area contributed by atoms with Crippen LogP contribution in [-0.4, -0.2) is 61.0 Å². The van der Waals surface area contributed by atoms with Gasteiger partial charge in [-0.3, -0.25) is 0 Å². The van der Waals surface area contributed by atoms with Gasteiger partial charge >= 0.3 is 6.09 Å². The van der Waals surface area contributed by atoms with Gasteiger partial charge in [-0.05, 0) is 32.9 Å². The van der Waals surface area contributed by atoms with Gasteiger partial charge in [-0.1, -0.05) is 12.1 Å². The Kier molecular flexibility index (Phi) is 5.51. The highest BCUT2D eigenvalue weighted by Gasteiger charge is 2.33. The first kappa shape index (κ1) is 19.4. The predicted octanol–water partition coefficient (Wildman–Crippen LogP) is 3.45. The SMILES string of the molecule is COC[C@H]1CN(C(=O)OC(C)(C)C)CCN1c1nccc2c(F)cccc12. The molecule has 2 aromatic rings. The molecule has 2 heterocycles. The molecule has 1 amide bonds. The molecule has 1 atom stereocenters. The third-order valence-corrected chi connectivity index (χ3v) is 4.50. The van der Waals surface area contributed by atoms with Crippen LogP contribution in [0.4, 0.5) is 15.0 Å². The summed E-state index contributed by atoms with van der Waals surface area (Å²) in [4.78, 5) is 20.7. The lowest BCUT2D eigenvalue weighted by atomic mass is 10.1. The molecule has 0 radical (unpaired) electrons. The number of methoxy groups -OCH3 is 1. The van der Waals surface area contributed by atoms with E-state index in [1.54, 1.807) is 30.3 Å². The van der Waals surface area contributed by atoms with Crippen molar-refractivity contribution in [1.82, 2.24) is 9.88 Å². The Hall–Kier alpha value is -2.41. The number of pyridine rings is 1. The molecule has 6 nitrogen and oxygen atoms in total. The van der Waals surface area contributed by atoms with Crippen molar-refractivity contribution in [3.05, 3.63) is 36.3 Å². The molecular weight excluding hydrogens is 349 g/mol. The molecule has 1 fully saturated rings. The molecule has 146 valence electrons.